The van der Waals surface area contributed by atoms with Crippen LogP contribution in [0.3, 0.4) is 0 Å². The highest BCUT2D eigenvalue weighted by Crippen LogP contribution is 2.27. The van der Waals surface area contributed by atoms with Gasteiger partial charge in [-0.25, -0.2) is 4.98 Å². The Bertz CT molecular complexity index is 507. The van der Waals surface area contributed by atoms with Crippen molar-refractivity contribution in [3.63, 3.8) is 0 Å². The molecule has 4 nitrogen and oxygen atoms in total. The Morgan fingerprint density at radius 1 is 1.14 bits per heavy atom. The Kier molecular flexibility index (Phi) is 1.45. The summed E-state index contributed by atoms with van der Waals surface area (Å²) >= 11 is 0. The highest BCUT2D eigenvalue weighted by Gasteiger charge is 2.15. The Hall–Kier alpha value is -1.71. The van der Waals surface area contributed by atoms with Crippen LogP contribution in [0.5, 0.6) is 0 Å². The van der Waals surface area contributed by atoms with Gasteiger partial charge in [0.1, 0.15) is 5.52 Å². The molecule has 1 heterocycles. The van der Waals surface area contributed by atoms with E-state index in [1.807, 2.05) is 6.07 Å². The largest absolute Gasteiger partial charge is 0.366 e. The summed E-state index contributed by atoms with van der Waals surface area (Å²) in [5.74, 6) is 0.246. The number of hydrogen-bond donors (Lipinski definition) is 1. The molecule has 0 atom stereocenters. The van der Waals surface area contributed by atoms with E-state index in [1.54, 1.807) is 0 Å². The fraction of sp³-hybridized carbons (Fsp3) is 0.300. The maximum atomic E-state index is 5.48. The number of aromatic nitrogens is 3. The molecule has 14 heavy (non-hydrogen) atoms. The number of benzene rings is 1. The molecule has 0 radical (unpaired) electrons. The maximum Gasteiger partial charge on any atom is 0.240 e. The summed E-state index contributed by atoms with van der Waals surface area (Å²) in [6.45, 7) is 0. The third-order valence-electron chi connectivity index (χ3n) is 2.72. The monoisotopic (exact) mass is 186 g/mol. The molecule has 0 saturated heterocycles. The lowest BCUT2D eigenvalue weighted by Gasteiger charge is -2.02. The van der Waals surface area contributed by atoms with Gasteiger partial charge in [0.25, 0.3) is 0 Å². The molecular formula is C10H10N4. The average Bonchev–Trinajstić information content (AvgIpc) is 2.65. The summed E-state index contributed by atoms with van der Waals surface area (Å²) in [5.41, 5.74) is 9.96. The lowest BCUT2D eigenvalue weighted by atomic mass is 10.1. The van der Waals surface area contributed by atoms with Crippen molar-refractivity contribution in [3.8, 4) is 0 Å². The summed E-state index contributed by atoms with van der Waals surface area (Å²) in [5, 5.41) is 7.92. The summed E-state index contributed by atoms with van der Waals surface area (Å²) < 4.78 is 0. The van der Waals surface area contributed by atoms with Crippen LogP contribution in [0.15, 0.2) is 12.1 Å². The van der Waals surface area contributed by atoms with E-state index >= 15 is 0 Å². The third-order valence-corrected chi connectivity index (χ3v) is 2.72. The predicted molar refractivity (Wildman–Crippen MR) is 53.8 cm³/mol. The number of hydrogen-bond acceptors (Lipinski definition) is 4. The van der Waals surface area contributed by atoms with E-state index in [0.29, 0.717) is 0 Å². The maximum absolute atomic E-state index is 5.48. The molecule has 0 amide bonds. The van der Waals surface area contributed by atoms with Crippen LogP contribution in [0, 0.1) is 0 Å². The Balaban J connectivity index is 2.39. The molecule has 0 saturated carbocycles. The first kappa shape index (κ1) is 7.67. The summed E-state index contributed by atoms with van der Waals surface area (Å²) in [4.78, 5) is 4.16. The quantitative estimate of drug-likeness (QED) is 0.669. The Morgan fingerprint density at radius 2 is 2.07 bits per heavy atom. The number of nitrogen functional groups attached to an aromatic ring is 1. The molecule has 0 fully saturated rings. The van der Waals surface area contributed by atoms with E-state index in [0.717, 1.165) is 23.9 Å². The van der Waals surface area contributed by atoms with Crippen molar-refractivity contribution in [3.05, 3.63) is 23.3 Å². The number of anilines is 1. The van der Waals surface area contributed by atoms with Crippen molar-refractivity contribution in [2.45, 2.75) is 19.3 Å². The summed E-state index contributed by atoms with van der Waals surface area (Å²) in [6, 6.07) is 4.10. The minimum atomic E-state index is 0.246. The fourth-order valence-electron chi connectivity index (χ4n) is 2.08. The van der Waals surface area contributed by atoms with Crippen molar-refractivity contribution < 1.29 is 0 Å². The SMILES string of the molecule is Nc1nnc2c3c(ccc2n1)CCC3. The van der Waals surface area contributed by atoms with Gasteiger partial charge in [-0.15, -0.1) is 10.2 Å². The van der Waals surface area contributed by atoms with E-state index in [9.17, 15) is 0 Å². The molecule has 1 aliphatic carbocycles. The molecule has 1 aliphatic rings. The van der Waals surface area contributed by atoms with Crippen molar-refractivity contribution in [1.29, 1.82) is 0 Å². The second-order valence-corrected chi connectivity index (χ2v) is 3.59. The molecule has 1 aromatic carbocycles. The molecular weight excluding hydrogens is 176 g/mol. The lowest BCUT2D eigenvalue weighted by molar-refractivity contribution is 0.911. The van der Waals surface area contributed by atoms with Gasteiger partial charge in [-0.1, -0.05) is 6.07 Å². The van der Waals surface area contributed by atoms with Gasteiger partial charge < -0.3 is 5.73 Å². The van der Waals surface area contributed by atoms with E-state index in [4.69, 9.17) is 5.73 Å². The van der Waals surface area contributed by atoms with Gasteiger partial charge in [0, 0.05) is 0 Å². The van der Waals surface area contributed by atoms with Gasteiger partial charge in [0.05, 0.1) is 5.52 Å². The van der Waals surface area contributed by atoms with Crippen molar-refractivity contribution >= 4 is 17.0 Å². The van der Waals surface area contributed by atoms with Gasteiger partial charge in [-0.2, -0.15) is 0 Å². The van der Waals surface area contributed by atoms with Crippen LogP contribution in [0.1, 0.15) is 17.5 Å². The Labute approximate surface area is 81.2 Å². The third kappa shape index (κ3) is 0.968. The topological polar surface area (TPSA) is 64.7 Å². The second-order valence-electron chi connectivity index (χ2n) is 3.59. The highest BCUT2D eigenvalue weighted by atomic mass is 15.2. The zero-order valence-electron chi connectivity index (χ0n) is 7.70. The molecule has 0 unspecified atom stereocenters. The van der Waals surface area contributed by atoms with Crippen LogP contribution in [0.25, 0.3) is 11.0 Å². The van der Waals surface area contributed by atoms with Crippen LogP contribution in [0.4, 0.5) is 5.95 Å². The van der Waals surface area contributed by atoms with Crippen LogP contribution in [-0.2, 0) is 12.8 Å². The van der Waals surface area contributed by atoms with Gasteiger partial charge in [-0.05, 0) is 36.5 Å². The van der Waals surface area contributed by atoms with Crippen LogP contribution in [-0.4, -0.2) is 15.2 Å². The molecule has 4 heteroatoms. The lowest BCUT2D eigenvalue weighted by Crippen LogP contribution is -1.99. The fourth-order valence-corrected chi connectivity index (χ4v) is 2.08. The molecule has 2 N–H and O–H groups in total. The predicted octanol–water partition coefficient (Wildman–Crippen LogP) is 1.10. The molecule has 0 aliphatic heterocycles. The van der Waals surface area contributed by atoms with Crippen molar-refractivity contribution in [2.75, 3.05) is 5.73 Å². The normalized spacial score (nSPS) is 14.6. The Morgan fingerprint density at radius 3 is 3.00 bits per heavy atom. The molecule has 1 aromatic heterocycles. The average molecular weight is 186 g/mol. The molecule has 70 valence electrons. The van der Waals surface area contributed by atoms with Crippen LogP contribution in [0.2, 0.25) is 0 Å². The summed E-state index contributed by atoms with van der Waals surface area (Å²) in [6.07, 6.45) is 3.45. The second kappa shape index (κ2) is 2.64. The first-order valence-corrected chi connectivity index (χ1v) is 4.75. The minimum absolute atomic E-state index is 0.246. The van der Waals surface area contributed by atoms with Crippen LogP contribution >= 0.6 is 0 Å². The highest BCUT2D eigenvalue weighted by molar-refractivity contribution is 5.80. The standard InChI is InChI=1S/C10H10N4/c11-10-12-8-5-4-6-2-1-3-7(6)9(8)13-14-10/h4-5H,1-3H2,(H2,11,12,14). The molecule has 3 rings (SSSR count). The van der Waals surface area contributed by atoms with E-state index in [-0.39, 0.29) is 5.95 Å². The molecule has 2 aromatic rings. The van der Waals surface area contributed by atoms with Crippen molar-refractivity contribution in [1.82, 2.24) is 15.2 Å². The minimum Gasteiger partial charge on any atom is -0.366 e. The van der Waals surface area contributed by atoms with Gasteiger partial charge >= 0.3 is 0 Å². The molecule has 0 spiro atoms. The van der Waals surface area contributed by atoms with Gasteiger partial charge in [-0.3, -0.25) is 0 Å². The van der Waals surface area contributed by atoms with Gasteiger partial charge in [0.2, 0.25) is 5.95 Å². The number of nitrogens with two attached hydrogens (primary N) is 1. The van der Waals surface area contributed by atoms with E-state index < -0.39 is 0 Å². The zero-order valence-corrected chi connectivity index (χ0v) is 7.70. The summed E-state index contributed by atoms with van der Waals surface area (Å²) in [7, 11) is 0. The van der Waals surface area contributed by atoms with Gasteiger partial charge in [0.15, 0.2) is 0 Å². The smallest absolute Gasteiger partial charge is 0.240 e. The zero-order chi connectivity index (χ0) is 9.54. The first-order chi connectivity index (χ1) is 6.84. The van der Waals surface area contributed by atoms with Crippen molar-refractivity contribution in [2.24, 2.45) is 0 Å². The van der Waals surface area contributed by atoms with Crippen LogP contribution < -0.4 is 5.73 Å². The first-order valence-electron chi connectivity index (χ1n) is 4.75. The number of nitrogens with zero attached hydrogens (tertiary/aromatic N) is 3. The van der Waals surface area contributed by atoms with E-state index in [2.05, 4.69) is 21.2 Å². The number of rotatable bonds is 0. The number of fused-ring (bicyclic) bond motifs is 3. The molecule has 0 bridgehead atoms. The van der Waals surface area contributed by atoms with E-state index in [1.165, 1.54) is 17.5 Å². The number of aryl methyl sites for hydroxylation is 2.